The Morgan fingerprint density at radius 2 is 2.17 bits per heavy atom. The topological polar surface area (TPSA) is 80.4 Å². The van der Waals surface area contributed by atoms with Crippen LogP contribution in [0.25, 0.3) is 17.0 Å². The second-order valence-electron chi connectivity index (χ2n) is 3.67. The molecule has 0 radical (unpaired) electrons. The third-order valence-electron chi connectivity index (χ3n) is 2.51. The molecule has 3 rings (SSSR count). The van der Waals surface area contributed by atoms with Crippen LogP contribution in [0.1, 0.15) is 10.4 Å². The fourth-order valence-corrected chi connectivity index (χ4v) is 1.69. The number of carboxylic acid groups (broad SMARTS) is 1. The number of hydrogen-bond acceptors (Lipinski definition) is 4. The molecule has 3 aromatic rings. The summed E-state index contributed by atoms with van der Waals surface area (Å²) in [6.45, 7) is 0. The molecule has 0 atom stereocenters. The highest BCUT2D eigenvalue weighted by molar-refractivity contribution is 5.94. The zero-order valence-corrected chi connectivity index (χ0v) is 9.19. The summed E-state index contributed by atoms with van der Waals surface area (Å²) in [6, 6.07) is 6.72. The highest BCUT2D eigenvalue weighted by Gasteiger charge is 2.13. The number of fused-ring (bicyclic) bond motifs is 1. The number of carboxylic acids is 1. The smallest absolute Gasteiger partial charge is 0.339 e. The van der Waals surface area contributed by atoms with E-state index in [-0.39, 0.29) is 5.56 Å². The summed E-state index contributed by atoms with van der Waals surface area (Å²) in [5, 5.41) is 13.3. The molecule has 0 aromatic carbocycles. The molecule has 6 nitrogen and oxygen atoms in total. The monoisotopic (exact) mass is 240 g/mol. The summed E-state index contributed by atoms with van der Waals surface area (Å²) in [5.41, 5.74) is 1.20. The van der Waals surface area contributed by atoms with Crippen LogP contribution in [-0.2, 0) is 0 Å². The van der Waals surface area contributed by atoms with Crippen molar-refractivity contribution in [2.24, 2.45) is 0 Å². The van der Waals surface area contributed by atoms with E-state index in [9.17, 15) is 4.79 Å². The van der Waals surface area contributed by atoms with Gasteiger partial charge in [0.05, 0.1) is 0 Å². The van der Waals surface area contributed by atoms with Crippen LogP contribution >= 0.6 is 0 Å². The Kier molecular flexibility index (Phi) is 2.26. The molecule has 0 spiro atoms. The Labute approximate surface area is 102 Å². The van der Waals surface area contributed by atoms with Gasteiger partial charge in [-0.05, 0) is 24.3 Å². The van der Waals surface area contributed by atoms with Gasteiger partial charge in [-0.3, -0.25) is 4.98 Å². The summed E-state index contributed by atoms with van der Waals surface area (Å²) in [4.78, 5) is 19.3. The first-order valence-electron chi connectivity index (χ1n) is 5.25. The summed E-state index contributed by atoms with van der Waals surface area (Å²) in [6.07, 6.45) is 4.95. The number of hydrogen-bond donors (Lipinski definition) is 1. The summed E-state index contributed by atoms with van der Waals surface area (Å²) in [5.74, 6) is -0.567. The number of nitrogens with zero attached hydrogens (tertiary/aromatic N) is 4. The van der Waals surface area contributed by atoms with E-state index in [1.165, 1.54) is 10.6 Å². The molecule has 0 aliphatic rings. The van der Waals surface area contributed by atoms with Crippen LogP contribution in [0.3, 0.4) is 0 Å². The van der Waals surface area contributed by atoms with Gasteiger partial charge in [-0.1, -0.05) is 0 Å². The molecule has 0 aliphatic carbocycles. The standard InChI is InChI=1S/C12H8N4O2/c17-12(18)9-4-2-6-16-11(9)14-10(15-16)8-3-1-5-13-7-8/h1-7H,(H,17,18). The SMILES string of the molecule is O=C(O)c1cccn2nc(-c3cccnc3)nc12. The minimum atomic E-state index is -1.02. The van der Waals surface area contributed by atoms with Gasteiger partial charge in [0.2, 0.25) is 0 Å². The second-order valence-corrected chi connectivity index (χ2v) is 3.67. The van der Waals surface area contributed by atoms with Crippen LogP contribution in [0.5, 0.6) is 0 Å². The van der Waals surface area contributed by atoms with Gasteiger partial charge in [0.15, 0.2) is 11.5 Å². The molecular formula is C12H8N4O2. The number of carbonyl (C=O) groups is 1. The predicted molar refractivity (Wildman–Crippen MR) is 63.2 cm³/mol. The molecule has 1 N–H and O–H groups in total. The molecule has 0 amide bonds. The maximum atomic E-state index is 11.1. The van der Waals surface area contributed by atoms with Gasteiger partial charge < -0.3 is 5.11 Å². The molecule has 88 valence electrons. The van der Waals surface area contributed by atoms with E-state index in [0.717, 1.165) is 5.56 Å². The Bertz CT molecular complexity index is 721. The highest BCUT2D eigenvalue weighted by atomic mass is 16.4. The molecular weight excluding hydrogens is 232 g/mol. The van der Waals surface area contributed by atoms with E-state index in [2.05, 4.69) is 15.1 Å². The maximum absolute atomic E-state index is 11.1. The summed E-state index contributed by atoms with van der Waals surface area (Å²) >= 11 is 0. The van der Waals surface area contributed by atoms with Crippen molar-refractivity contribution in [3.05, 3.63) is 48.4 Å². The van der Waals surface area contributed by atoms with E-state index < -0.39 is 5.97 Å². The van der Waals surface area contributed by atoms with Crippen molar-refractivity contribution in [1.82, 2.24) is 19.6 Å². The Balaban J connectivity index is 2.23. The Morgan fingerprint density at radius 1 is 1.28 bits per heavy atom. The molecule has 0 bridgehead atoms. The fourth-order valence-electron chi connectivity index (χ4n) is 1.69. The molecule has 6 heteroatoms. The third-order valence-corrected chi connectivity index (χ3v) is 2.51. The van der Waals surface area contributed by atoms with Gasteiger partial charge >= 0.3 is 5.97 Å². The summed E-state index contributed by atoms with van der Waals surface area (Å²) in [7, 11) is 0. The Hall–Kier alpha value is -2.76. The van der Waals surface area contributed by atoms with Crippen LogP contribution in [-0.4, -0.2) is 30.7 Å². The van der Waals surface area contributed by atoms with Gasteiger partial charge in [-0.2, -0.15) is 0 Å². The first-order chi connectivity index (χ1) is 8.75. The summed E-state index contributed by atoms with van der Waals surface area (Å²) < 4.78 is 1.45. The van der Waals surface area contributed by atoms with E-state index in [4.69, 9.17) is 5.11 Å². The van der Waals surface area contributed by atoms with E-state index in [1.807, 2.05) is 6.07 Å². The minimum Gasteiger partial charge on any atom is -0.478 e. The molecule has 3 aromatic heterocycles. The van der Waals surface area contributed by atoms with Crippen molar-refractivity contribution in [1.29, 1.82) is 0 Å². The van der Waals surface area contributed by atoms with Crippen LogP contribution in [0.4, 0.5) is 0 Å². The van der Waals surface area contributed by atoms with Gasteiger partial charge in [-0.15, -0.1) is 5.10 Å². The zero-order chi connectivity index (χ0) is 12.5. The first kappa shape index (κ1) is 10.4. The lowest BCUT2D eigenvalue weighted by Gasteiger charge is -1.94. The number of pyridine rings is 2. The second kappa shape index (κ2) is 3.92. The lowest BCUT2D eigenvalue weighted by atomic mass is 10.2. The Morgan fingerprint density at radius 3 is 2.89 bits per heavy atom. The van der Waals surface area contributed by atoms with E-state index in [0.29, 0.717) is 11.5 Å². The van der Waals surface area contributed by atoms with Crippen LogP contribution in [0.2, 0.25) is 0 Å². The zero-order valence-electron chi connectivity index (χ0n) is 9.19. The molecule has 0 aliphatic heterocycles. The van der Waals surface area contributed by atoms with Gasteiger partial charge in [0.1, 0.15) is 5.56 Å². The van der Waals surface area contributed by atoms with Crippen LogP contribution in [0.15, 0.2) is 42.9 Å². The molecule has 0 saturated carbocycles. The van der Waals surface area contributed by atoms with Crippen molar-refractivity contribution < 1.29 is 9.90 Å². The van der Waals surface area contributed by atoms with E-state index in [1.54, 1.807) is 30.7 Å². The van der Waals surface area contributed by atoms with Crippen molar-refractivity contribution in [3.63, 3.8) is 0 Å². The van der Waals surface area contributed by atoms with E-state index >= 15 is 0 Å². The number of aromatic carboxylic acids is 1. The van der Waals surface area contributed by atoms with Crippen molar-refractivity contribution in [2.75, 3.05) is 0 Å². The molecule has 18 heavy (non-hydrogen) atoms. The average Bonchev–Trinajstić information content (AvgIpc) is 2.83. The number of aromatic nitrogens is 4. The largest absolute Gasteiger partial charge is 0.478 e. The fraction of sp³-hybridized carbons (Fsp3) is 0. The lowest BCUT2D eigenvalue weighted by molar-refractivity contribution is 0.0698. The molecule has 0 unspecified atom stereocenters. The third kappa shape index (κ3) is 1.60. The predicted octanol–water partition coefficient (Wildman–Crippen LogP) is 1.49. The maximum Gasteiger partial charge on any atom is 0.339 e. The molecule has 0 saturated heterocycles. The highest BCUT2D eigenvalue weighted by Crippen LogP contribution is 2.16. The van der Waals surface area contributed by atoms with Crippen molar-refractivity contribution in [2.45, 2.75) is 0 Å². The lowest BCUT2D eigenvalue weighted by Crippen LogP contribution is -2.00. The molecule has 3 heterocycles. The minimum absolute atomic E-state index is 0.125. The van der Waals surface area contributed by atoms with Gasteiger partial charge in [0, 0.05) is 24.2 Å². The van der Waals surface area contributed by atoms with Crippen molar-refractivity contribution >= 4 is 11.6 Å². The first-order valence-corrected chi connectivity index (χ1v) is 5.25. The van der Waals surface area contributed by atoms with Gasteiger partial charge in [-0.25, -0.2) is 14.3 Å². The average molecular weight is 240 g/mol. The van der Waals surface area contributed by atoms with Gasteiger partial charge in [0.25, 0.3) is 0 Å². The van der Waals surface area contributed by atoms with Crippen LogP contribution < -0.4 is 0 Å². The number of rotatable bonds is 2. The normalized spacial score (nSPS) is 10.7. The quantitative estimate of drug-likeness (QED) is 0.734. The molecule has 0 fully saturated rings. The van der Waals surface area contributed by atoms with Crippen LogP contribution in [0, 0.1) is 0 Å². The van der Waals surface area contributed by atoms with Crippen molar-refractivity contribution in [3.8, 4) is 11.4 Å².